The molecule has 1 aromatic carbocycles. The van der Waals surface area contributed by atoms with E-state index in [9.17, 15) is 18.0 Å². The van der Waals surface area contributed by atoms with Crippen LogP contribution in [-0.4, -0.2) is 44.3 Å². The number of hydrogen-bond acceptors (Lipinski definition) is 5. The molecule has 0 aliphatic carbocycles. The summed E-state index contributed by atoms with van der Waals surface area (Å²) in [6.45, 7) is 4.05. The fraction of sp³-hybridized carbons (Fsp3) is 0.529. The monoisotopic (exact) mass is 368 g/mol. The molecule has 0 saturated carbocycles. The van der Waals surface area contributed by atoms with Gasteiger partial charge in [-0.05, 0) is 37.5 Å². The fourth-order valence-corrected chi connectivity index (χ4v) is 4.13. The second kappa shape index (κ2) is 8.44. The van der Waals surface area contributed by atoms with Crippen LogP contribution in [0.5, 0.6) is 0 Å². The van der Waals surface area contributed by atoms with Crippen molar-refractivity contribution in [1.29, 1.82) is 0 Å². The van der Waals surface area contributed by atoms with Gasteiger partial charge in [0.1, 0.15) is 0 Å². The van der Waals surface area contributed by atoms with Crippen molar-refractivity contribution in [3.05, 3.63) is 23.8 Å². The van der Waals surface area contributed by atoms with E-state index in [0.29, 0.717) is 18.8 Å². The van der Waals surface area contributed by atoms with Crippen LogP contribution in [0.1, 0.15) is 38.2 Å². The number of hydrogen-bond donors (Lipinski definition) is 1. The van der Waals surface area contributed by atoms with E-state index >= 15 is 0 Å². The van der Waals surface area contributed by atoms with Crippen LogP contribution in [0.25, 0.3) is 0 Å². The number of carbonyl (C=O) groups is 2. The third-order valence-electron chi connectivity index (χ3n) is 4.09. The number of piperidine rings is 1. The largest absolute Gasteiger partial charge is 0.456 e. The van der Waals surface area contributed by atoms with Gasteiger partial charge in [0.15, 0.2) is 6.61 Å². The molecule has 1 aliphatic heterocycles. The predicted molar refractivity (Wildman–Crippen MR) is 93.7 cm³/mol. The number of anilines is 1. The number of esters is 1. The molecule has 25 heavy (non-hydrogen) atoms. The predicted octanol–water partition coefficient (Wildman–Crippen LogP) is 2.06. The molecule has 1 aliphatic rings. The molecule has 8 heteroatoms. The maximum absolute atomic E-state index is 12.7. The SMILES string of the molecule is CCC(=O)OCC(=O)Nc1cc(S(=O)(=O)N2CCCCC2)ccc1C. The molecular formula is C17H24N2O5S. The Morgan fingerprint density at radius 1 is 1.20 bits per heavy atom. The Balaban J connectivity index is 2.14. The molecule has 1 N–H and O–H groups in total. The molecule has 0 spiro atoms. The second-order valence-corrected chi connectivity index (χ2v) is 7.94. The van der Waals surface area contributed by atoms with Crippen molar-refractivity contribution in [2.75, 3.05) is 25.0 Å². The number of amides is 1. The molecule has 1 heterocycles. The quantitative estimate of drug-likeness (QED) is 0.776. The topological polar surface area (TPSA) is 92.8 Å². The summed E-state index contributed by atoms with van der Waals surface area (Å²) < 4.78 is 31.7. The van der Waals surface area contributed by atoms with Gasteiger partial charge in [0, 0.05) is 25.2 Å². The van der Waals surface area contributed by atoms with Crippen LogP contribution in [0, 0.1) is 6.92 Å². The Bertz CT molecular complexity index is 739. The Labute approximate surface area is 148 Å². The lowest BCUT2D eigenvalue weighted by Gasteiger charge is -2.26. The number of rotatable bonds is 6. The number of nitrogens with one attached hydrogen (secondary N) is 1. The van der Waals surface area contributed by atoms with Crippen LogP contribution in [0.15, 0.2) is 23.1 Å². The van der Waals surface area contributed by atoms with E-state index in [1.807, 2.05) is 0 Å². The van der Waals surface area contributed by atoms with Gasteiger partial charge >= 0.3 is 5.97 Å². The van der Waals surface area contributed by atoms with E-state index in [2.05, 4.69) is 5.32 Å². The van der Waals surface area contributed by atoms with Crippen molar-refractivity contribution in [3.63, 3.8) is 0 Å². The number of benzene rings is 1. The summed E-state index contributed by atoms with van der Waals surface area (Å²) in [7, 11) is -3.57. The zero-order valence-corrected chi connectivity index (χ0v) is 15.4. The molecule has 0 bridgehead atoms. The van der Waals surface area contributed by atoms with Crippen molar-refractivity contribution in [2.24, 2.45) is 0 Å². The molecule has 2 rings (SSSR count). The van der Waals surface area contributed by atoms with Gasteiger partial charge in [-0.3, -0.25) is 9.59 Å². The van der Waals surface area contributed by atoms with Gasteiger partial charge in [-0.2, -0.15) is 4.31 Å². The standard InChI is InChI=1S/C17H24N2O5S/c1-3-17(21)24-12-16(20)18-15-11-14(8-7-13(15)2)25(22,23)19-9-5-4-6-10-19/h7-8,11H,3-6,9-10,12H2,1-2H3,(H,18,20). The maximum Gasteiger partial charge on any atom is 0.306 e. The first-order valence-electron chi connectivity index (χ1n) is 8.41. The second-order valence-electron chi connectivity index (χ2n) is 6.00. The first kappa shape index (κ1) is 19.4. The van der Waals surface area contributed by atoms with Crippen LogP contribution in [0.3, 0.4) is 0 Å². The number of aryl methyl sites for hydroxylation is 1. The third-order valence-corrected chi connectivity index (χ3v) is 5.98. The molecule has 1 aromatic rings. The zero-order valence-electron chi connectivity index (χ0n) is 14.6. The average molecular weight is 368 g/mol. The highest BCUT2D eigenvalue weighted by molar-refractivity contribution is 7.89. The fourth-order valence-electron chi connectivity index (χ4n) is 2.58. The number of carbonyl (C=O) groups excluding carboxylic acids is 2. The summed E-state index contributed by atoms with van der Waals surface area (Å²) >= 11 is 0. The van der Waals surface area contributed by atoms with E-state index in [-0.39, 0.29) is 11.3 Å². The van der Waals surface area contributed by atoms with Crippen LogP contribution < -0.4 is 5.32 Å². The number of sulfonamides is 1. The van der Waals surface area contributed by atoms with Gasteiger partial charge in [0.25, 0.3) is 5.91 Å². The molecule has 138 valence electrons. The summed E-state index contributed by atoms with van der Waals surface area (Å²) in [5.41, 5.74) is 1.13. The minimum Gasteiger partial charge on any atom is -0.456 e. The summed E-state index contributed by atoms with van der Waals surface area (Å²) in [5.74, 6) is -0.967. The van der Waals surface area contributed by atoms with E-state index in [1.165, 1.54) is 10.4 Å². The number of nitrogens with zero attached hydrogens (tertiary/aromatic N) is 1. The molecule has 0 atom stereocenters. The van der Waals surface area contributed by atoms with E-state index < -0.39 is 28.5 Å². The van der Waals surface area contributed by atoms with E-state index in [1.54, 1.807) is 26.0 Å². The van der Waals surface area contributed by atoms with Crippen LogP contribution >= 0.6 is 0 Å². The lowest BCUT2D eigenvalue weighted by atomic mass is 10.2. The first-order valence-corrected chi connectivity index (χ1v) is 9.85. The Morgan fingerprint density at radius 3 is 2.52 bits per heavy atom. The highest BCUT2D eigenvalue weighted by Gasteiger charge is 2.26. The van der Waals surface area contributed by atoms with Crippen LogP contribution in [-0.2, 0) is 24.3 Å². The number of ether oxygens (including phenoxy) is 1. The highest BCUT2D eigenvalue weighted by atomic mass is 32.2. The van der Waals surface area contributed by atoms with Crippen molar-refractivity contribution in [1.82, 2.24) is 4.31 Å². The molecule has 7 nitrogen and oxygen atoms in total. The lowest BCUT2D eigenvalue weighted by molar-refractivity contribution is -0.146. The zero-order chi connectivity index (χ0) is 18.4. The van der Waals surface area contributed by atoms with E-state index in [4.69, 9.17) is 4.74 Å². The first-order chi connectivity index (χ1) is 11.8. The molecule has 1 saturated heterocycles. The average Bonchev–Trinajstić information content (AvgIpc) is 2.62. The molecular weight excluding hydrogens is 344 g/mol. The Kier molecular flexibility index (Phi) is 6.55. The maximum atomic E-state index is 12.7. The van der Waals surface area contributed by atoms with Crippen LogP contribution in [0.2, 0.25) is 0 Å². The summed E-state index contributed by atoms with van der Waals surface area (Å²) in [4.78, 5) is 23.2. The van der Waals surface area contributed by atoms with Crippen molar-refractivity contribution in [3.8, 4) is 0 Å². The van der Waals surface area contributed by atoms with Gasteiger partial charge in [-0.25, -0.2) is 8.42 Å². The smallest absolute Gasteiger partial charge is 0.306 e. The molecule has 0 aromatic heterocycles. The highest BCUT2D eigenvalue weighted by Crippen LogP contribution is 2.25. The van der Waals surface area contributed by atoms with Gasteiger partial charge in [-0.1, -0.05) is 19.4 Å². The van der Waals surface area contributed by atoms with Gasteiger partial charge < -0.3 is 10.1 Å². The summed E-state index contributed by atoms with van der Waals surface area (Å²) in [6, 6.07) is 4.66. The minimum absolute atomic E-state index is 0.154. The van der Waals surface area contributed by atoms with Gasteiger partial charge in [0.05, 0.1) is 4.90 Å². The molecule has 1 fully saturated rings. The summed E-state index contributed by atoms with van der Waals surface area (Å²) in [6.07, 6.45) is 2.95. The Morgan fingerprint density at radius 2 is 1.88 bits per heavy atom. The van der Waals surface area contributed by atoms with Crippen molar-refractivity contribution >= 4 is 27.6 Å². The normalized spacial score (nSPS) is 15.6. The van der Waals surface area contributed by atoms with E-state index in [0.717, 1.165) is 24.8 Å². The van der Waals surface area contributed by atoms with Crippen molar-refractivity contribution in [2.45, 2.75) is 44.4 Å². The van der Waals surface area contributed by atoms with Crippen LogP contribution in [0.4, 0.5) is 5.69 Å². The minimum atomic E-state index is -3.57. The van der Waals surface area contributed by atoms with Gasteiger partial charge in [0.2, 0.25) is 10.0 Å². The van der Waals surface area contributed by atoms with Crippen molar-refractivity contribution < 1.29 is 22.7 Å². The molecule has 1 amide bonds. The molecule has 0 radical (unpaired) electrons. The summed E-state index contributed by atoms with van der Waals surface area (Å²) in [5, 5.41) is 2.61. The lowest BCUT2D eigenvalue weighted by Crippen LogP contribution is -2.35. The Hall–Kier alpha value is -1.93. The van der Waals surface area contributed by atoms with Gasteiger partial charge in [-0.15, -0.1) is 0 Å². The molecule has 0 unspecified atom stereocenters. The third kappa shape index (κ3) is 5.02.